The molecule has 1 saturated heterocycles. The molecule has 1 fully saturated rings. The number of benzene rings is 1. The van der Waals surface area contributed by atoms with Crippen LogP contribution in [-0.4, -0.2) is 42.9 Å². The van der Waals surface area contributed by atoms with Crippen molar-refractivity contribution in [2.45, 2.75) is 23.0 Å². The van der Waals surface area contributed by atoms with E-state index in [9.17, 15) is 0 Å². The van der Waals surface area contributed by atoms with Crippen LogP contribution in [-0.2, 0) is 0 Å². The Balaban J connectivity index is 0.00000220. The van der Waals surface area contributed by atoms with Crippen LogP contribution in [0.1, 0.15) is 12.8 Å². The SMILES string of the molecule is CN=C(NCCSc1ccccc1)NCC1CCCS1.I. The molecule has 0 radical (unpaired) electrons. The Morgan fingerprint density at radius 3 is 2.81 bits per heavy atom. The van der Waals surface area contributed by atoms with Gasteiger partial charge in [0.15, 0.2) is 5.96 Å². The maximum Gasteiger partial charge on any atom is 0.191 e. The van der Waals surface area contributed by atoms with Gasteiger partial charge in [-0.05, 0) is 30.7 Å². The lowest BCUT2D eigenvalue weighted by Crippen LogP contribution is -2.41. The number of hydrogen-bond acceptors (Lipinski definition) is 3. The smallest absolute Gasteiger partial charge is 0.191 e. The molecule has 1 unspecified atom stereocenters. The molecular weight excluding hydrogens is 413 g/mol. The van der Waals surface area contributed by atoms with E-state index >= 15 is 0 Å². The van der Waals surface area contributed by atoms with Gasteiger partial charge in [-0.3, -0.25) is 4.99 Å². The van der Waals surface area contributed by atoms with E-state index < -0.39 is 0 Å². The van der Waals surface area contributed by atoms with Gasteiger partial charge in [-0.2, -0.15) is 11.8 Å². The average Bonchev–Trinajstić information content (AvgIpc) is 3.01. The quantitative estimate of drug-likeness (QED) is 0.235. The van der Waals surface area contributed by atoms with Gasteiger partial charge >= 0.3 is 0 Å². The molecule has 2 N–H and O–H groups in total. The number of thioether (sulfide) groups is 2. The first-order valence-electron chi connectivity index (χ1n) is 7.12. The van der Waals surface area contributed by atoms with Crippen molar-refractivity contribution < 1.29 is 0 Å². The van der Waals surface area contributed by atoms with E-state index in [-0.39, 0.29) is 24.0 Å². The number of halogens is 1. The van der Waals surface area contributed by atoms with Crippen molar-refractivity contribution in [3.05, 3.63) is 30.3 Å². The number of guanidine groups is 1. The molecule has 0 bridgehead atoms. The van der Waals surface area contributed by atoms with E-state index in [1.165, 1.54) is 23.5 Å². The Hall–Kier alpha value is -0.0800. The van der Waals surface area contributed by atoms with Crippen molar-refractivity contribution in [1.29, 1.82) is 0 Å². The van der Waals surface area contributed by atoms with Crippen molar-refractivity contribution in [3.8, 4) is 0 Å². The topological polar surface area (TPSA) is 36.4 Å². The minimum Gasteiger partial charge on any atom is -0.356 e. The van der Waals surface area contributed by atoms with E-state index in [0.717, 1.165) is 30.1 Å². The van der Waals surface area contributed by atoms with Crippen LogP contribution in [0.3, 0.4) is 0 Å². The number of hydrogen-bond donors (Lipinski definition) is 2. The molecule has 0 aromatic heterocycles. The molecule has 6 heteroatoms. The predicted molar refractivity (Wildman–Crippen MR) is 107 cm³/mol. The fourth-order valence-corrected chi connectivity index (χ4v) is 4.08. The van der Waals surface area contributed by atoms with Gasteiger partial charge in [-0.1, -0.05) is 18.2 Å². The Morgan fingerprint density at radius 1 is 1.33 bits per heavy atom. The van der Waals surface area contributed by atoms with Crippen molar-refractivity contribution >= 4 is 53.5 Å². The van der Waals surface area contributed by atoms with Crippen LogP contribution >= 0.6 is 47.5 Å². The summed E-state index contributed by atoms with van der Waals surface area (Å²) in [7, 11) is 1.83. The highest BCUT2D eigenvalue weighted by atomic mass is 127. The van der Waals surface area contributed by atoms with Gasteiger partial charge in [0, 0.05) is 36.0 Å². The van der Waals surface area contributed by atoms with E-state index in [4.69, 9.17) is 0 Å². The molecule has 1 aliphatic heterocycles. The minimum absolute atomic E-state index is 0. The van der Waals surface area contributed by atoms with Gasteiger partial charge in [0.1, 0.15) is 0 Å². The highest BCUT2D eigenvalue weighted by Gasteiger charge is 2.15. The van der Waals surface area contributed by atoms with Crippen molar-refractivity contribution in [3.63, 3.8) is 0 Å². The summed E-state index contributed by atoms with van der Waals surface area (Å²) in [5.41, 5.74) is 0. The number of rotatable bonds is 6. The van der Waals surface area contributed by atoms with Crippen LogP contribution in [0.4, 0.5) is 0 Å². The molecule has 1 aliphatic rings. The number of nitrogens with zero attached hydrogens (tertiary/aromatic N) is 1. The zero-order valence-corrected chi connectivity index (χ0v) is 16.3. The first kappa shape index (κ1) is 19.0. The van der Waals surface area contributed by atoms with E-state index in [2.05, 4.69) is 57.7 Å². The lowest BCUT2D eigenvalue weighted by atomic mass is 10.2. The summed E-state index contributed by atoms with van der Waals surface area (Å²) in [6.45, 7) is 1.95. The lowest BCUT2D eigenvalue weighted by molar-refractivity contribution is 0.731. The van der Waals surface area contributed by atoms with Crippen molar-refractivity contribution in [2.24, 2.45) is 4.99 Å². The summed E-state index contributed by atoms with van der Waals surface area (Å²) in [5, 5.41) is 7.55. The zero-order valence-electron chi connectivity index (χ0n) is 12.4. The third-order valence-corrected chi connectivity index (χ3v) is 5.56. The van der Waals surface area contributed by atoms with Gasteiger partial charge in [0.2, 0.25) is 0 Å². The summed E-state index contributed by atoms with van der Waals surface area (Å²) in [6, 6.07) is 10.5. The van der Waals surface area contributed by atoms with Crippen molar-refractivity contribution in [2.75, 3.05) is 31.6 Å². The molecule has 1 aromatic rings. The molecule has 2 rings (SSSR count). The lowest BCUT2D eigenvalue weighted by Gasteiger charge is -2.14. The summed E-state index contributed by atoms with van der Waals surface area (Å²) in [4.78, 5) is 5.59. The molecule has 0 spiro atoms. The van der Waals surface area contributed by atoms with E-state index in [1.807, 2.05) is 18.8 Å². The second-order valence-electron chi connectivity index (χ2n) is 4.68. The molecule has 1 aromatic carbocycles. The number of nitrogens with one attached hydrogen (secondary N) is 2. The highest BCUT2D eigenvalue weighted by molar-refractivity contribution is 14.0. The predicted octanol–water partition coefficient (Wildman–Crippen LogP) is 3.46. The Labute approximate surface area is 153 Å². The summed E-state index contributed by atoms with van der Waals surface area (Å²) in [6.07, 6.45) is 2.69. The third-order valence-electron chi connectivity index (χ3n) is 3.15. The first-order valence-corrected chi connectivity index (χ1v) is 9.16. The molecule has 0 saturated carbocycles. The maximum atomic E-state index is 4.27. The second-order valence-corrected chi connectivity index (χ2v) is 7.25. The number of aliphatic imine (C=N–C) groups is 1. The van der Waals surface area contributed by atoms with Gasteiger partial charge in [0.25, 0.3) is 0 Å². The molecule has 3 nitrogen and oxygen atoms in total. The normalized spacial score (nSPS) is 18.1. The summed E-state index contributed by atoms with van der Waals surface area (Å²) in [5.74, 6) is 3.28. The van der Waals surface area contributed by atoms with Crippen LogP contribution in [0, 0.1) is 0 Å². The van der Waals surface area contributed by atoms with E-state index in [1.54, 1.807) is 0 Å². The Morgan fingerprint density at radius 2 is 2.14 bits per heavy atom. The fourth-order valence-electron chi connectivity index (χ4n) is 2.09. The fraction of sp³-hybridized carbons (Fsp3) is 0.533. The molecule has 1 atom stereocenters. The molecule has 0 aliphatic carbocycles. The third kappa shape index (κ3) is 7.65. The van der Waals surface area contributed by atoms with Gasteiger partial charge in [0.05, 0.1) is 0 Å². The minimum atomic E-state index is 0. The Kier molecular flexibility index (Phi) is 10.4. The van der Waals surface area contributed by atoms with Gasteiger partial charge < -0.3 is 10.6 Å². The maximum absolute atomic E-state index is 4.27. The largest absolute Gasteiger partial charge is 0.356 e. The standard InChI is InChI=1S/C15H23N3S2.HI/c1-16-15(18-12-14-8-5-10-19-14)17-9-11-20-13-6-3-2-4-7-13;/h2-4,6-7,14H,5,8-12H2,1H3,(H2,16,17,18);1H. The average molecular weight is 437 g/mol. The van der Waals surface area contributed by atoms with Crippen LogP contribution in [0.25, 0.3) is 0 Å². The van der Waals surface area contributed by atoms with Crippen molar-refractivity contribution in [1.82, 2.24) is 10.6 Å². The van der Waals surface area contributed by atoms with Crippen LogP contribution in [0.15, 0.2) is 40.2 Å². The second kappa shape index (κ2) is 11.5. The van der Waals surface area contributed by atoms with Crippen LogP contribution in [0.5, 0.6) is 0 Å². The van der Waals surface area contributed by atoms with Crippen LogP contribution < -0.4 is 10.6 Å². The molecule has 1 heterocycles. The molecular formula is C15H24IN3S2. The van der Waals surface area contributed by atoms with E-state index in [0.29, 0.717) is 0 Å². The molecule has 21 heavy (non-hydrogen) atoms. The van der Waals surface area contributed by atoms with Gasteiger partial charge in [-0.15, -0.1) is 35.7 Å². The molecule has 0 amide bonds. The zero-order chi connectivity index (χ0) is 14.0. The monoisotopic (exact) mass is 437 g/mol. The molecule has 118 valence electrons. The van der Waals surface area contributed by atoms with Crippen LogP contribution in [0.2, 0.25) is 0 Å². The van der Waals surface area contributed by atoms with Gasteiger partial charge in [-0.25, -0.2) is 0 Å². The summed E-state index contributed by atoms with van der Waals surface area (Å²) >= 11 is 3.94. The Bertz CT molecular complexity index is 409. The summed E-state index contributed by atoms with van der Waals surface area (Å²) < 4.78 is 0. The first-order chi connectivity index (χ1) is 9.88. The highest BCUT2D eigenvalue weighted by Crippen LogP contribution is 2.25.